The summed E-state index contributed by atoms with van der Waals surface area (Å²) in [5.41, 5.74) is 2.40. The van der Waals surface area contributed by atoms with Gasteiger partial charge in [0.1, 0.15) is 5.82 Å². The average molecular weight is 346 g/mol. The lowest BCUT2D eigenvalue weighted by Crippen LogP contribution is -2.23. The van der Waals surface area contributed by atoms with E-state index in [0.717, 1.165) is 10.9 Å². The zero-order valence-corrected chi connectivity index (χ0v) is 13.8. The number of carbonyl (C=O) groups is 1. The van der Waals surface area contributed by atoms with Crippen molar-refractivity contribution in [2.24, 2.45) is 0 Å². The third kappa shape index (κ3) is 3.04. The molecule has 0 unspecified atom stereocenters. The molecular formula is C20H15FN4O. The molecule has 2 aromatic carbocycles. The van der Waals surface area contributed by atoms with Gasteiger partial charge in [0.2, 0.25) is 0 Å². The quantitative estimate of drug-likeness (QED) is 0.615. The molecule has 4 rings (SSSR count). The number of nitrogens with zero attached hydrogens (tertiary/aromatic N) is 3. The minimum Gasteiger partial charge on any atom is -0.348 e. The van der Waals surface area contributed by atoms with Crippen LogP contribution < -0.4 is 5.32 Å². The van der Waals surface area contributed by atoms with E-state index >= 15 is 0 Å². The Morgan fingerprint density at radius 1 is 1.12 bits per heavy atom. The van der Waals surface area contributed by atoms with Gasteiger partial charge in [0.25, 0.3) is 5.91 Å². The normalized spacial score (nSPS) is 10.8. The van der Waals surface area contributed by atoms with E-state index in [-0.39, 0.29) is 18.3 Å². The number of fused-ring (bicyclic) bond motifs is 1. The van der Waals surface area contributed by atoms with Crippen LogP contribution in [0.3, 0.4) is 0 Å². The molecule has 4 aromatic rings. The summed E-state index contributed by atoms with van der Waals surface area (Å²) in [6.45, 7) is 0.233. The molecule has 0 atom stereocenters. The minimum atomic E-state index is -0.371. The van der Waals surface area contributed by atoms with Gasteiger partial charge in [-0.1, -0.05) is 24.3 Å². The van der Waals surface area contributed by atoms with Crippen LogP contribution in [0.4, 0.5) is 4.39 Å². The lowest BCUT2D eigenvalue weighted by molar-refractivity contribution is 0.0952. The van der Waals surface area contributed by atoms with Crippen molar-refractivity contribution in [3.8, 4) is 5.69 Å². The number of amides is 1. The summed E-state index contributed by atoms with van der Waals surface area (Å²) in [6, 6.07) is 14.0. The summed E-state index contributed by atoms with van der Waals surface area (Å²) in [6.07, 6.45) is 6.41. The molecule has 2 heterocycles. The van der Waals surface area contributed by atoms with Crippen LogP contribution in [0.2, 0.25) is 0 Å². The third-order valence-corrected chi connectivity index (χ3v) is 4.14. The number of pyridine rings is 1. The van der Waals surface area contributed by atoms with Gasteiger partial charge >= 0.3 is 0 Å². The van der Waals surface area contributed by atoms with Gasteiger partial charge in [-0.3, -0.25) is 9.78 Å². The van der Waals surface area contributed by atoms with Gasteiger partial charge < -0.3 is 9.88 Å². The van der Waals surface area contributed by atoms with Crippen molar-refractivity contribution in [1.29, 1.82) is 0 Å². The van der Waals surface area contributed by atoms with E-state index in [0.29, 0.717) is 16.8 Å². The number of imidazole rings is 1. The third-order valence-electron chi connectivity index (χ3n) is 4.14. The summed E-state index contributed by atoms with van der Waals surface area (Å²) < 4.78 is 15.9. The Morgan fingerprint density at radius 2 is 2.00 bits per heavy atom. The van der Waals surface area contributed by atoms with Crippen molar-refractivity contribution in [3.05, 3.63) is 90.4 Å². The van der Waals surface area contributed by atoms with E-state index in [1.165, 1.54) is 12.4 Å². The Labute approximate surface area is 149 Å². The number of rotatable bonds is 4. The molecule has 0 aliphatic rings. The SMILES string of the molecule is O=C(NCc1ccc(-n2ccnc2)c(F)c1)c1ccnc2ccccc12. The molecule has 6 heteroatoms. The molecular weight excluding hydrogens is 331 g/mol. The Morgan fingerprint density at radius 3 is 2.81 bits per heavy atom. The van der Waals surface area contributed by atoms with Crippen molar-refractivity contribution >= 4 is 16.8 Å². The van der Waals surface area contributed by atoms with Crippen LogP contribution in [-0.2, 0) is 6.54 Å². The molecule has 0 saturated carbocycles. The van der Waals surface area contributed by atoms with Crippen LogP contribution in [0, 0.1) is 5.82 Å². The van der Waals surface area contributed by atoms with Crippen molar-refractivity contribution < 1.29 is 9.18 Å². The maximum Gasteiger partial charge on any atom is 0.252 e. The predicted molar refractivity (Wildman–Crippen MR) is 96.4 cm³/mol. The molecule has 1 N–H and O–H groups in total. The zero-order chi connectivity index (χ0) is 17.9. The molecule has 5 nitrogen and oxygen atoms in total. The van der Waals surface area contributed by atoms with Gasteiger partial charge in [-0.05, 0) is 29.8 Å². The summed E-state index contributed by atoms with van der Waals surface area (Å²) in [5, 5.41) is 3.62. The maximum atomic E-state index is 14.3. The van der Waals surface area contributed by atoms with E-state index in [9.17, 15) is 9.18 Å². The van der Waals surface area contributed by atoms with E-state index in [4.69, 9.17) is 0 Å². The second-order valence-corrected chi connectivity index (χ2v) is 5.81. The van der Waals surface area contributed by atoms with Crippen LogP contribution >= 0.6 is 0 Å². The summed E-state index contributed by atoms with van der Waals surface area (Å²) in [4.78, 5) is 20.7. The first kappa shape index (κ1) is 16.0. The molecule has 0 radical (unpaired) electrons. The molecule has 0 bridgehead atoms. The van der Waals surface area contributed by atoms with Gasteiger partial charge in [0, 0.05) is 30.5 Å². The monoisotopic (exact) mass is 346 g/mol. The molecule has 26 heavy (non-hydrogen) atoms. The van der Waals surface area contributed by atoms with Crippen molar-refractivity contribution in [2.75, 3.05) is 0 Å². The number of benzene rings is 2. The van der Waals surface area contributed by atoms with E-state index in [1.807, 2.05) is 24.3 Å². The lowest BCUT2D eigenvalue weighted by atomic mass is 10.1. The lowest BCUT2D eigenvalue weighted by Gasteiger charge is -2.09. The van der Waals surface area contributed by atoms with Gasteiger partial charge in [-0.15, -0.1) is 0 Å². The number of para-hydroxylation sites is 1. The van der Waals surface area contributed by atoms with E-state index in [1.54, 1.807) is 41.4 Å². The van der Waals surface area contributed by atoms with Gasteiger partial charge in [0.05, 0.1) is 23.1 Å². The van der Waals surface area contributed by atoms with Crippen LogP contribution in [0.15, 0.2) is 73.4 Å². The Bertz CT molecular complexity index is 1070. The average Bonchev–Trinajstić information content (AvgIpc) is 3.20. The largest absolute Gasteiger partial charge is 0.348 e. The number of halogens is 1. The first-order valence-corrected chi connectivity index (χ1v) is 8.11. The maximum absolute atomic E-state index is 14.3. The molecule has 0 fully saturated rings. The van der Waals surface area contributed by atoms with Crippen LogP contribution in [0.5, 0.6) is 0 Å². The van der Waals surface area contributed by atoms with E-state index in [2.05, 4.69) is 15.3 Å². The highest BCUT2D eigenvalue weighted by Crippen LogP contribution is 2.17. The number of hydrogen-bond acceptors (Lipinski definition) is 3. The van der Waals surface area contributed by atoms with Crippen molar-refractivity contribution in [2.45, 2.75) is 6.54 Å². The highest BCUT2D eigenvalue weighted by Gasteiger charge is 2.11. The fourth-order valence-corrected chi connectivity index (χ4v) is 2.84. The van der Waals surface area contributed by atoms with Crippen LogP contribution in [0.1, 0.15) is 15.9 Å². The van der Waals surface area contributed by atoms with Gasteiger partial charge in [-0.25, -0.2) is 9.37 Å². The Hall–Kier alpha value is -3.54. The zero-order valence-electron chi connectivity index (χ0n) is 13.8. The summed E-state index contributed by atoms with van der Waals surface area (Å²) >= 11 is 0. The predicted octanol–water partition coefficient (Wildman–Crippen LogP) is 3.49. The highest BCUT2D eigenvalue weighted by atomic mass is 19.1. The van der Waals surface area contributed by atoms with Crippen molar-refractivity contribution in [1.82, 2.24) is 19.9 Å². The van der Waals surface area contributed by atoms with Gasteiger partial charge in [0.15, 0.2) is 0 Å². The molecule has 0 aliphatic carbocycles. The summed E-state index contributed by atoms with van der Waals surface area (Å²) in [7, 11) is 0. The van der Waals surface area contributed by atoms with E-state index < -0.39 is 0 Å². The number of aromatic nitrogens is 3. The second kappa shape index (κ2) is 6.76. The first-order valence-electron chi connectivity index (χ1n) is 8.11. The smallest absolute Gasteiger partial charge is 0.252 e. The highest BCUT2D eigenvalue weighted by molar-refractivity contribution is 6.05. The number of hydrogen-bond donors (Lipinski definition) is 1. The molecule has 1 amide bonds. The number of nitrogens with one attached hydrogen (secondary N) is 1. The standard InChI is InChI=1S/C20H15FN4O/c21-17-11-14(5-6-19(17)25-10-9-22-13-25)12-24-20(26)16-7-8-23-18-4-2-1-3-15(16)18/h1-11,13H,12H2,(H,24,26). The minimum absolute atomic E-state index is 0.220. The van der Waals surface area contributed by atoms with Crippen LogP contribution in [-0.4, -0.2) is 20.4 Å². The van der Waals surface area contributed by atoms with Crippen molar-refractivity contribution in [3.63, 3.8) is 0 Å². The van der Waals surface area contributed by atoms with Gasteiger partial charge in [-0.2, -0.15) is 0 Å². The Kier molecular flexibility index (Phi) is 4.15. The van der Waals surface area contributed by atoms with Crippen LogP contribution in [0.25, 0.3) is 16.6 Å². The molecule has 128 valence electrons. The molecule has 0 aliphatic heterocycles. The second-order valence-electron chi connectivity index (χ2n) is 5.81. The topological polar surface area (TPSA) is 59.8 Å². The first-order chi connectivity index (χ1) is 12.7. The fourth-order valence-electron chi connectivity index (χ4n) is 2.84. The fraction of sp³-hybridized carbons (Fsp3) is 0.0500. The number of carbonyl (C=O) groups excluding carboxylic acids is 1. The summed E-state index contributed by atoms with van der Waals surface area (Å²) in [5.74, 6) is -0.591. The molecule has 0 spiro atoms. The molecule has 0 saturated heterocycles. The molecule has 2 aromatic heterocycles. The Balaban J connectivity index is 1.52.